The predicted molar refractivity (Wildman–Crippen MR) is 129 cm³/mol. The van der Waals surface area contributed by atoms with Gasteiger partial charge in [-0.25, -0.2) is 4.79 Å². The average molecular weight is 471 g/mol. The minimum Gasteiger partial charge on any atom is -0.478 e. The van der Waals surface area contributed by atoms with Crippen LogP contribution < -0.4 is 14.8 Å². The maximum absolute atomic E-state index is 11.7. The molecule has 0 atom stereocenters. The fraction of sp³-hybridized carbons (Fsp3) is 0.0769. The van der Waals surface area contributed by atoms with Crippen molar-refractivity contribution in [2.45, 2.75) is 13.2 Å². The molecule has 0 aliphatic rings. The van der Waals surface area contributed by atoms with E-state index in [0.29, 0.717) is 18.2 Å². The van der Waals surface area contributed by atoms with Crippen LogP contribution in [0.1, 0.15) is 21.5 Å². The molecule has 0 bridgehead atoms. The Hall–Kier alpha value is -4.92. The number of nitrogens with zero attached hydrogens (tertiary/aromatic N) is 2. The predicted octanol–water partition coefficient (Wildman–Crippen LogP) is 5.59. The van der Waals surface area contributed by atoms with Crippen LogP contribution in [-0.2, 0) is 13.2 Å². The fourth-order valence-corrected chi connectivity index (χ4v) is 3.24. The topological polar surface area (TPSA) is 124 Å². The lowest BCUT2D eigenvalue weighted by atomic mass is 10.1. The van der Waals surface area contributed by atoms with Gasteiger partial charge in [-0.2, -0.15) is 4.98 Å². The zero-order valence-corrected chi connectivity index (χ0v) is 18.5. The van der Waals surface area contributed by atoms with Crippen molar-refractivity contribution in [3.05, 3.63) is 118 Å². The summed E-state index contributed by atoms with van der Waals surface area (Å²) in [4.78, 5) is 26.6. The largest absolute Gasteiger partial charge is 0.478 e. The lowest BCUT2D eigenvalue weighted by molar-refractivity contribution is -0.384. The quantitative estimate of drug-likeness (QED) is 0.227. The Bertz CT molecular complexity index is 1330. The summed E-state index contributed by atoms with van der Waals surface area (Å²) in [5.41, 5.74) is 1.85. The number of benzene rings is 3. The Kier molecular flexibility index (Phi) is 7.17. The first kappa shape index (κ1) is 23.2. The van der Waals surface area contributed by atoms with Crippen molar-refractivity contribution in [1.82, 2.24) is 4.98 Å². The van der Waals surface area contributed by atoms with E-state index < -0.39 is 10.9 Å². The molecule has 0 aliphatic carbocycles. The molecule has 0 fully saturated rings. The van der Waals surface area contributed by atoms with Crippen LogP contribution in [0, 0.1) is 10.1 Å². The molecule has 4 rings (SSSR count). The van der Waals surface area contributed by atoms with Crippen molar-refractivity contribution in [3.8, 4) is 11.8 Å². The Morgan fingerprint density at radius 3 is 2.06 bits per heavy atom. The first-order valence-electron chi connectivity index (χ1n) is 10.6. The molecule has 0 saturated heterocycles. The van der Waals surface area contributed by atoms with E-state index in [1.807, 2.05) is 60.7 Å². The van der Waals surface area contributed by atoms with E-state index >= 15 is 0 Å². The van der Waals surface area contributed by atoms with Gasteiger partial charge in [0.25, 0.3) is 5.69 Å². The molecule has 35 heavy (non-hydrogen) atoms. The highest BCUT2D eigenvalue weighted by molar-refractivity contribution is 5.96. The number of ether oxygens (including phenoxy) is 2. The molecule has 1 heterocycles. The number of anilines is 2. The van der Waals surface area contributed by atoms with E-state index in [2.05, 4.69) is 10.3 Å². The molecule has 0 spiro atoms. The number of nitro benzene ring substituents is 1. The Balaban J connectivity index is 1.62. The molecule has 4 aromatic rings. The molecule has 0 amide bonds. The van der Waals surface area contributed by atoms with Gasteiger partial charge in [0.1, 0.15) is 18.9 Å². The van der Waals surface area contributed by atoms with Crippen LogP contribution in [0.4, 0.5) is 17.1 Å². The Morgan fingerprint density at radius 1 is 0.857 bits per heavy atom. The van der Waals surface area contributed by atoms with Gasteiger partial charge in [-0.3, -0.25) is 10.1 Å². The third-order valence-electron chi connectivity index (χ3n) is 5.00. The molecule has 9 nitrogen and oxygen atoms in total. The van der Waals surface area contributed by atoms with Crippen LogP contribution in [0.3, 0.4) is 0 Å². The monoisotopic (exact) mass is 471 g/mol. The number of carboxylic acid groups (broad SMARTS) is 1. The van der Waals surface area contributed by atoms with Crippen LogP contribution in [0.5, 0.6) is 11.8 Å². The lowest BCUT2D eigenvalue weighted by Crippen LogP contribution is -2.07. The number of rotatable bonds is 10. The standard InChI is InChI=1S/C26H21N3O6/c30-26(31)21-15-20(29(32)33)11-12-22(21)27-23-13-14-24(34-16-18-7-3-1-4-8-18)28-25(23)35-17-19-9-5-2-6-10-19/h1-15,27H,16-17H2,(H,30,31). The highest BCUT2D eigenvalue weighted by Crippen LogP contribution is 2.32. The molecule has 3 aromatic carbocycles. The van der Waals surface area contributed by atoms with Gasteiger partial charge in [0.05, 0.1) is 16.2 Å². The smallest absolute Gasteiger partial charge is 0.338 e. The van der Waals surface area contributed by atoms with Crippen LogP contribution >= 0.6 is 0 Å². The van der Waals surface area contributed by atoms with Crippen LogP contribution in [0.15, 0.2) is 91.0 Å². The van der Waals surface area contributed by atoms with E-state index in [-0.39, 0.29) is 29.4 Å². The number of non-ortho nitro benzene ring substituents is 1. The summed E-state index contributed by atoms with van der Waals surface area (Å²) >= 11 is 0. The second-order valence-electron chi connectivity index (χ2n) is 7.47. The second-order valence-corrected chi connectivity index (χ2v) is 7.47. The van der Waals surface area contributed by atoms with Crippen LogP contribution in [-0.4, -0.2) is 21.0 Å². The molecular weight excluding hydrogens is 450 g/mol. The maximum Gasteiger partial charge on any atom is 0.338 e. The molecule has 1 aromatic heterocycles. The second kappa shape index (κ2) is 10.8. The molecule has 176 valence electrons. The van der Waals surface area contributed by atoms with Gasteiger partial charge in [-0.05, 0) is 23.3 Å². The number of nitrogens with one attached hydrogen (secondary N) is 1. The number of aromatic carboxylic acids is 1. The van der Waals surface area contributed by atoms with E-state index in [4.69, 9.17) is 9.47 Å². The van der Waals surface area contributed by atoms with E-state index in [9.17, 15) is 20.0 Å². The van der Waals surface area contributed by atoms with Crippen molar-refractivity contribution >= 4 is 23.0 Å². The molecule has 2 N–H and O–H groups in total. The summed E-state index contributed by atoms with van der Waals surface area (Å²) in [5, 5.41) is 23.6. The van der Waals surface area contributed by atoms with Crippen LogP contribution in [0.2, 0.25) is 0 Å². The van der Waals surface area contributed by atoms with Gasteiger partial charge in [0, 0.05) is 18.2 Å². The normalized spacial score (nSPS) is 10.4. The number of carboxylic acids is 1. The zero-order valence-electron chi connectivity index (χ0n) is 18.5. The third-order valence-corrected chi connectivity index (χ3v) is 5.00. The Morgan fingerprint density at radius 2 is 1.46 bits per heavy atom. The van der Waals surface area contributed by atoms with Crippen molar-refractivity contribution in [2.24, 2.45) is 0 Å². The summed E-state index contributed by atoms with van der Waals surface area (Å²) in [6.45, 7) is 0.529. The van der Waals surface area contributed by atoms with Gasteiger partial charge < -0.3 is 19.9 Å². The summed E-state index contributed by atoms with van der Waals surface area (Å²) < 4.78 is 11.7. The molecular formula is C26H21N3O6. The van der Waals surface area contributed by atoms with Crippen molar-refractivity contribution in [2.75, 3.05) is 5.32 Å². The fourth-order valence-electron chi connectivity index (χ4n) is 3.24. The SMILES string of the molecule is O=C(O)c1cc([N+](=O)[O-])ccc1Nc1ccc(OCc2ccccc2)nc1OCc1ccccc1. The summed E-state index contributed by atoms with van der Waals surface area (Å²) in [6, 6.07) is 25.9. The number of nitro groups is 1. The van der Waals surface area contributed by atoms with Crippen molar-refractivity contribution in [3.63, 3.8) is 0 Å². The molecule has 0 aliphatic heterocycles. The van der Waals surface area contributed by atoms with Gasteiger partial charge in [-0.1, -0.05) is 60.7 Å². The lowest BCUT2D eigenvalue weighted by Gasteiger charge is -2.15. The first-order valence-corrected chi connectivity index (χ1v) is 10.6. The molecule has 0 radical (unpaired) electrons. The number of pyridine rings is 1. The molecule has 0 saturated carbocycles. The number of hydrogen-bond acceptors (Lipinski definition) is 7. The average Bonchev–Trinajstić information content (AvgIpc) is 2.88. The summed E-state index contributed by atoms with van der Waals surface area (Å²) in [6.07, 6.45) is 0. The van der Waals surface area contributed by atoms with Gasteiger partial charge in [0.2, 0.25) is 11.8 Å². The van der Waals surface area contributed by atoms with E-state index in [1.165, 1.54) is 12.1 Å². The van der Waals surface area contributed by atoms with E-state index in [1.54, 1.807) is 12.1 Å². The maximum atomic E-state index is 11.7. The van der Waals surface area contributed by atoms with E-state index in [0.717, 1.165) is 17.2 Å². The zero-order chi connectivity index (χ0) is 24.6. The van der Waals surface area contributed by atoms with Crippen molar-refractivity contribution in [1.29, 1.82) is 0 Å². The van der Waals surface area contributed by atoms with Gasteiger partial charge in [0.15, 0.2) is 0 Å². The Labute approximate surface area is 200 Å². The highest BCUT2D eigenvalue weighted by atomic mass is 16.6. The number of aromatic nitrogens is 1. The summed E-state index contributed by atoms with van der Waals surface area (Å²) in [5.74, 6) is -0.794. The van der Waals surface area contributed by atoms with Gasteiger partial charge >= 0.3 is 5.97 Å². The molecule has 0 unspecified atom stereocenters. The van der Waals surface area contributed by atoms with Crippen molar-refractivity contribution < 1.29 is 24.3 Å². The van der Waals surface area contributed by atoms with Crippen LogP contribution in [0.25, 0.3) is 0 Å². The first-order chi connectivity index (χ1) is 17.0. The minimum atomic E-state index is -1.31. The minimum absolute atomic E-state index is 0.160. The third kappa shape index (κ3) is 6.11. The summed E-state index contributed by atoms with van der Waals surface area (Å²) in [7, 11) is 0. The number of hydrogen-bond donors (Lipinski definition) is 2. The van der Waals surface area contributed by atoms with Gasteiger partial charge in [-0.15, -0.1) is 0 Å². The molecule has 9 heteroatoms. The number of carbonyl (C=O) groups is 1. The highest BCUT2D eigenvalue weighted by Gasteiger charge is 2.18.